The summed E-state index contributed by atoms with van der Waals surface area (Å²) in [4.78, 5) is 34.3. The van der Waals surface area contributed by atoms with Gasteiger partial charge in [0, 0.05) is 30.9 Å². The number of morpholine rings is 1. The first-order chi connectivity index (χ1) is 17.6. The number of rotatable bonds is 5. The van der Waals surface area contributed by atoms with E-state index in [-0.39, 0.29) is 18.1 Å². The van der Waals surface area contributed by atoms with Crippen molar-refractivity contribution in [3.63, 3.8) is 0 Å². The monoisotopic (exact) mass is 512 g/mol. The lowest BCUT2D eigenvalue weighted by Gasteiger charge is -2.35. The summed E-state index contributed by atoms with van der Waals surface area (Å²) in [5, 5.41) is 5.97. The Morgan fingerprint density at radius 3 is 2.49 bits per heavy atom. The van der Waals surface area contributed by atoms with Crippen LogP contribution in [0.4, 0.5) is 36.4 Å². The lowest BCUT2D eigenvalue weighted by Crippen LogP contribution is -2.48. The van der Waals surface area contributed by atoms with Gasteiger partial charge in [0.05, 0.1) is 41.3 Å². The fraction of sp³-hybridized carbons (Fsp3) is 0.292. The molecule has 0 radical (unpaired) electrons. The minimum absolute atomic E-state index is 0.0359. The Hall–Kier alpha value is -4.26. The number of alkyl halides is 3. The number of pyridine rings is 3. The van der Waals surface area contributed by atoms with Gasteiger partial charge in [-0.25, -0.2) is 19.9 Å². The van der Waals surface area contributed by atoms with Crippen molar-refractivity contribution in [3.8, 4) is 0 Å². The Morgan fingerprint density at radius 1 is 1.03 bits per heavy atom. The molecular weight excluding hydrogens is 489 g/mol. The van der Waals surface area contributed by atoms with Crippen LogP contribution >= 0.6 is 0 Å². The molecule has 1 amide bonds. The molecule has 0 spiro atoms. The summed E-state index contributed by atoms with van der Waals surface area (Å²) in [6, 6.07) is 7.13. The lowest BCUT2D eigenvalue weighted by molar-refractivity contribution is -0.141. The number of carbonyl (C=O) groups is 1. The molecule has 4 aromatic heterocycles. The number of fused-ring (bicyclic) bond motifs is 1. The van der Waals surface area contributed by atoms with Crippen LogP contribution in [0.1, 0.15) is 29.9 Å². The van der Waals surface area contributed by atoms with E-state index in [1.54, 1.807) is 35.5 Å². The standard InChI is InChI=1S/C24H23F3N8O2/c1-13-11-35(12-14(2)37-13)22(36)15-5-6-28-20(7-15)34-23-32-17-8-21(30-10-18(17)33-23)31-16-3-4-19(29-9-16)24(25,26)27/h3-10,13-14H,11-12H2,1-2H3,(H,30,31)(H2,28,32,33,34)/t13-,14+. The van der Waals surface area contributed by atoms with E-state index >= 15 is 0 Å². The SMILES string of the molecule is C[C@@H]1CN(C(=O)c2ccnc(Nc3nc4cc(Nc5ccc(C(F)(F)F)nc5)ncc4[nH]3)c2)C[C@H](C)O1. The number of hydrogen-bond donors (Lipinski definition) is 3. The molecule has 10 nitrogen and oxygen atoms in total. The summed E-state index contributed by atoms with van der Waals surface area (Å²) in [5.74, 6) is 1.10. The molecule has 192 valence electrons. The van der Waals surface area contributed by atoms with E-state index in [0.29, 0.717) is 53.0 Å². The number of anilines is 4. The summed E-state index contributed by atoms with van der Waals surface area (Å²) in [6.45, 7) is 4.91. The van der Waals surface area contributed by atoms with Crippen LogP contribution in [0.15, 0.2) is 48.9 Å². The number of imidazole rings is 1. The predicted molar refractivity (Wildman–Crippen MR) is 130 cm³/mol. The molecule has 4 aromatic rings. The normalized spacial score (nSPS) is 18.1. The van der Waals surface area contributed by atoms with Gasteiger partial charge in [0.25, 0.3) is 5.91 Å². The van der Waals surface area contributed by atoms with Gasteiger partial charge in [0.1, 0.15) is 17.3 Å². The van der Waals surface area contributed by atoms with E-state index in [2.05, 4.69) is 35.6 Å². The van der Waals surface area contributed by atoms with Crippen molar-refractivity contribution in [3.05, 3.63) is 60.2 Å². The van der Waals surface area contributed by atoms with Crippen molar-refractivity contribution >= 4 is 40.2 Å². The van der Waals surface area contributed by atoms with E-state index in [0.717, 1.165) is 12.3 Å². The highest BCUT2D eigenvalue weighted by molar-refractivity contribution is 5.95. The van der Waals surface area contributed by atoms with Crippen molar-refractivity contribution in [1.29, 1.82) is 0 Å². The third-order valence-corrected chi connectivity index (χ3v) is 5.65. The quantitative estimate of drug-likeness (QED) is 0.357. The van der Waals surface area contributed by atoms with Crippen LogP contribution in [0.5, 0.6) is 0 Å². The van der Waals surface area contributed by atoms with Gasteiger partial charge in [0.15, 0.2) is 0 Å². The third kappa shape index (κ3) is 5.61. The molecule has 2 atom stereocenters. The Labute approximate surface area is 209 Å². The van der Waals surface area contributed by atoms with Crippen LogP contribution in [0, 0.1) is 0 Å². The number of carbonyl (C=O) groups excluding carboxylic acids is 1. The first kappa shape index (κ1) is 24.4. The van der Waals surface area contributed by atoms with Crippen molar-refractivity contribution in [2.24, 2.45) is 0 Å². The third-order valence-electron chi connectivity index (χ3n) is 5.65. The van der Waals surface area contributed by atoms with Gasteiger partial charge in [-0.3, -0.25) is 4.79 Å². The van der Waals surface area contributed by atoms with Crippen molar-refractivity contribution in [2.75, 3.05) is 23.7 Å². The number of hydrogen-bond acceptors (Lipinski definition) is 8. The molecule has 1 fully saturated rings. The molecule has 13 heteroatoms. The number of amides is 1. The average Bonchev–Trinajstić information content (AvgIpc) is 3.24. The first-order valence-corrected chi connectivity index (χ1v) is 11.5. The second-order valence-electron chi connectivity index (χ2n) is 8.75. The van der Waals surface area contributed by atoms with Crippen LogP contribution in [-0.4, -0.2) is 61.0 Å². The zero-order valence-corrected chi connectivity index (χ0v) is 19.9. The minimum Gasteiger partial charge on any atom is -0.372 e. The minimum atomic E-state index is -4.50. The highest BCUT2D eigenvalue weighted by Gasteiger charge is 2.32. The fourth-order valence-electron chi connectivity index (χ4n) is 4.10. The number of aromatic amines is 1. The summed E-state index contributed by atoms with van der Waals surface area (Å²) < 4.78 is 43.8. The highest BCUT2D eigenvalue weighted by atomic mass is 19.4. The molecule has 5 rings (SSSR count). The molecule has 0 bridgehead atoms. The Balaban J connectivity index is 1.29. The van der Waals surface area contributed by atoms with Crippen LogP contribution in [0.3, 0.4) is 0 Å². The molecule has 3 N–H and O–H groups in total. The van der Waals surface area contributed by atoms with Gasteiger partial charge in [-0.05, 0) is 38.1 Å². The maximum absolute atomic E-state index is 13.0. The second-order valence-corrected chi connectivity index (χ2v) is 8.75. The Morgan fingerprint density at radius 2 is 1.78 bits per heavy atom. The maximum Gasteiger partial charge on any atom is 0.433 e. The topological polar surface area (TPSA) is 121 Å². The van der Waals surface area contributed by atoms with Crippen molar-refractivity contribution < 1.29 is 22.7 Å². The Kier molecular flexibility index (Phi) is 6.38. The maximum atomic E-state index is 13.0. The number of ether oxygens (including phenoxy) is 1. The van der Waals surface area contributed by atoms with Crippen LogP contribution in [-0.2, 0) is 10.9 Å². The molecule has 1 saturated heterocycles. The van der Waals surface area contributed by atoms with E-state index in [4.69, 9.17) is 4.74 Å². The summed E-state index contributed by atoms with van der Waals surface area (Å²) in [5.41, 5.74) is 1.06. The van der Waals surface area contributed by atoms with Gasteiger partial charge >= 0.3 is 6.18 Å². The van der Waals surface area contributed by atoms with Gasteiger partial charge in [-0.1, -0.05) is 0 Å². The van der Waals surface area contributed by atoms with E-state index < -0.39 is 11.9 Å². The molecule has 0 unspecified atom stereocenters. The predicted octanol–water partition coefficient (Wildman–Crippen LogP) is 4.50. The van der Waals surface area contributed by atoms with Gasteiger partial charge in [0.2, 0.25) is 5.95 Å². The van der Waals surface area contributed by atoms with E-state index in [9.17, 15) is 18.0 Å². The van der Waals surface area contributed by atoms with Crippen molar-refractivity contribution in [2.45, 2.75) is 32.2 Å². The zero-order valence-electron chi connectivity index (χ0n) is 19.9. The average molecular weight is 512 g/mol. The largest absolute Gasteiger partial charge is 0.433 e. The van der Waals surface area contributed by atoms with Crippen LogP contribution in [0.2, 0.25) is 0 Å². The summed E-state index contributed by atoms with van der Waals surface area (Å²) in [7, 11) is 0. The number of nitrogens with one attached hydrogen (secondary N) is 3. The molecule has 37 heavy (non-hydrogen) atoms. The number of aromatic nitrogens is 5. The number of nitrogens with zero attached hydrogens (tertiary/aromatic N) is 5. The lowest BCUT2D eigenvalue weighted by atomic mass is 10.1. The molecule has 0 saturated carbocycles. The summed E-state index contributed by atoms with van der Waals surface area (Å²) >= 11 is 0. The number of H-pyrrole nitrogens is 1. The molecule has 0 aromatic carbocycles. The van der Waals surface area contributed by atoms with Crippen LogP contribution < -0.4 is 10.6 Å². The van der Waals surface area contributed by atoms with E-state index in [1.807, 2.05) is 13.8 Å². The highest BCUT2D eigenvalue weighted by Crippen LogP contribution is 2.28. The zero-order chi connectivity index (χ0) is 26.2. The molecule has 1 aliphatic heterocycles. The van der Waals surface area contributed by atoms with Crippen molar-refractivity contribution in [1.82, 2.24) is 29.8 Å². The van der Waals surface area contributed by atoms with Crippen LogP contribution in [0.25, 0.3) is 11.0 Å². The molecule has 0 aliphatic carbocycles. The number of halogens is 3. The summed E-state index contributed by atoms with van der Waals surface area (Å²) in [6.07, 6.45) is -0.397. The fourth-order valence-corrected chi connectivity index (χ4v) is 4.10. The molecule has 1 aliphatic rings. The van der Waals surface area contributed by atoms with Gasteiger partial charge < -0.3 is 25.3 Å². The molecular formula is C24H23F3N8O2. The molecule has 5 heterocycles. The Bertz CT molecular complexity index is 1410. The smallest absolute Gasteiger partial charge is 0.372 e. The van der Waals surface area contributed by atoms with Gasteiger partial charge in [-0.15, -0.1) is 0 Å². The second kappa shape index (κ2) is 9.65. The first-order valence-electron chi connectivity index (χ1n) is 11.5. The van der Waals surface area contributed by atoms with E-state index in [1.165, 1.54) is 6.07 Å². The van der Waals surface area contributed by atoms with Gasteiger partial charge in [-0.2, -0.15) is 13.2 Å².